The summed E-state index contributed by atoms with van der Waals surface area (Å²) in [6.07, 6.45) is 20.9. The van der Waals surface area contributed by atoms with Gasteiger partial charge < -0.3 is 10.6 Å². The van der Waals surface area contributed by atoms with Crippen LogP contribution < -0.4 is 10.6 Å². The fraction of sp³-hybridized carbons (Fsp3) is 0.541. The minimum Gasteiger partial charge on any atom is -0.343 e. The van der Waals surface area contributed by atoms with Crippen LogP contribution in [-0.2, 0) is 9.59 Å². The van der Waals surface area contributed by atoms with Crippen molar-refractivity contribution in [2.24, 2.45) is 5.41 Å². The average molecular weight is 596 g/mol. The molecular formula is C37H49N5O2. The maximum absolute atomic E-state index is 12.9. The van der Waals surface area contributed by atoms with Gasteiger partial charge in [-0.15, -0.1) is 0 Å². The lowest BCUT2D eigenvalue weighted by Gasteiger charge is -2.30. The summed E-state index contributed by atoms with van der Waals surface area (Å²) in [5.41, 5.74) is 3.41. The lowest BCUT2D eigenvalue weighted by atomic mass is 9.74. The molecule has 7 heteroatoms. The highest BCUT2D eigenvalue weighted by Gasteiger charge is 2.26. The second-order valence-corrected chi connectivity index (χ2v) is 12.6. The third kappa shape index (κ3) is 13.9. The average Bonchev–Trinajstić information content (AvgIpc) is 2.99. The molecule has 2 rings (SSSR count). The Morgan fingerprint density at radius 2 is 1.45 bits per heavy atom. The van der Waals surface area contributed by atoms with E-state index in [1.807, 2.05) is 48.6 Å². The van der Waals surface area contributed by atoms with Crippen LogP contribution in [0, 0.1) is 39.4 Å². The molecular weight excluding hydrogens is 546 g/mol. The van der Waals surface area contributed by atoms with E-state index in [9.17, 15) is 25.4 Å². The van der Waals surface area contributed by atoms with Crippen molar-refractivity contribution in [1.29, 1.82) is 15.8 Å². The minimum atomic E-state index is -0.907. The van der Waals surface area contributed by atoms with Gasteiger partial charge in [0.15, 0.2) is 0 Å². The lowest BCUT2D eigenvalue weighted by molar-refractivity contribution is -0.126. The molecule has 234 valence electrons. The molecule has 2 amide bonds. The summed E-state index contributed by atoms with van der Waals surface area (Å²) in [5.74, 6) is -0.617. The topological polar surface area (TPSA) is 130 Å². The molecule has 0 aromatic heterocycles. The smallest absolute Gasteiger partial charge is 0.248 e. The Kier molecular flexibility index (Phi) is 16.3. The Bertz CT molecular complexity index is 1280. The van der Waals surface area contributed by atoms with E-state index in [0.717, 1.165) is 42.4 Å². The fourth-order valence-corrected chi connectivity index (χ4v) is 5.52. The Morgan fingerprint density at radius 3 is 2.02 bits per heavy atom. The predicted octanol–water partition coefficient (Wildman–Crippen LogP) is 8.83. The first-order valence-electron chi connectivity index (χ1n) is 16.2. The number of anilines is 1. The van der Waals surface area contributed by atoms with Crippen molar-refractivity contribution in [3.63, 3.8) is 0 Å². The predicted molar refractivity (Wildman–Crippen MR) is 177 cm³/mol. The summed E-state index contributed by atoms with van der Waals surface area (Å²) in [6.45, 7) is 6.48. The van der Waals surface area contributed by atoms with Crippen LogP contribution in [0.4, 0.5) is 5.69 Å². The standard InChI is InChI=1S/C37H49N5O2/c1-4-5-6-7-8-9-10-11-12-13-14-15-35(43)42-34(22-23-38)36(44)41-33-20-18-29(19-21-33)16-17-30-24-31(32(27-39)28-40)26-37(2,3)25-30/h16-21,24,34H,4-15,22,25-26H2,1-3H3,(H,41,44)(H,42,43)/b17-16+/t34-/m0/s1. The number of amides is 2. The number of hydrogen-bond donors (Lipinski definition) is 2. The summed E-state index contributed by atoms with van der Waals surface area (Å²) < 4.78 is 0. The van der Waals surface area contributed by atoms with E-state index in [1.165, 1.54) is 51.4 Å². The molecule has 1 aliphatic rings. The Labute approximate surface area is 264 Å². The number of unbranched alkanes of at least 4 members (excludes halogenated alkanes) is 10. The monoisotopic (exact) mass is 595 g/mol. The summed E-state index contributed by atoms with van der Waals surface area (Å²) >= 11 is 0. The maximum Gasteiger partial charge on any atom is 0.248 e. The number of carbonyl (C=O) groups excluding carboxylic acids is 2. The van der Waals surface area contributed by atoms with E-state index in [2.05, 4.69) is 31.4 Å². The van der Waals surface area contributed by atoms with Crippen molar-refractivity contribution in [2.45, 2.75) is 123 Å². The van der Waals surface area contributed by atoms with Crippen molar-refractivity contribution < 1.29 is 9.59 Å². The number of rotatable bonds is 18. The SMILES string of the molecule is CCCCCCCCCCCCCC(=O)N[C@@H](CC#N)C(=O)Nc1ccc(/C=C/C2=CC(=C(C#N)C#N)CC(C)(C)C2)cc1. The van der Waals surface area contributed by atoms with Gasteiger partial charge in [0.2, 0.25) is 11.8 Å². The van der Waals surface area contributed by atoms with Gasteiger partial charge in [-0.2, -0.15) is 15.8 Å². The lowest BCUT2D eigenvalue weighted by Crippen LogP contribution is -2.43. The molecule has 7 nitrogen and oxygen atoms in total. The zero-order chi connectivity index (χ0) is 32.2. The van der Waals surface area contributed by atoms with Gasteiger partial charge in [0, 0.05) is 12.1 Å². The Balaban J connectivity index is 1.82. The van der Waals surface area contributed by atoms with Crippen LogP contribution >= 0.6 is 0 Å². The van der Waals surface area contributed by atoms with Gasteiger partial charge in [0.25, 0.3) is 0 Å². The van der Waals surface area contributed by atoms with E-state index >= 15 is 0 Å². The van der Waals surface area contributed by atoms with E-state index in [4.69, 9.17) is 0 Å². The van der Waals surface area contributed by atoms with Crippen LogP contribution in [0.3, 0.4) is 0 Å². The summed E-state index contributed by atoms with van der Waals surface area (Å²) in [6, 6.07) is 12.4. The highest BCUT2D eigenvalue weighted by Crippen LogP contribution is 2.39. The van der Waals surface area contributed by atoms with Gasteiger partial charge in [0.05, 0.1) is 12.5 Å². The zero-order valence-corrected chi connectivity index (χ0v) is 26.9. The molecule has 0 fully saturated rings. The van der Waals surface area contributed by atoms with Crippen LogP contribution in [0.15, 0.2) is 53.1 Å². The third-order valence-corrected chi connectivity index (χ3v) is 7.88. The van der Waals surface area contributed by atoms with Crippen molar-refractivity contribution >= 4 is 23.6 Å². The fourth-order valence-electron chi connectivity index (χ4n) is 5.52. The van der Waals surface area contributed by atoms with E-state index in [0.29, 0.717) is 18.5 Å². The van der Waals surface area contributed by atoms with Crippen LogP contribution in [0.25, 0.3) is 6.08 Å². The number of nitriles is 3. The number of benzene rings is 1. The maximum atomic E-state index is 12.9. The second-order valence-electron chi connectivity index (χ2n) is 12.6. The summed E-state index contributed by atoms with van der Waals surface area (Å²) in [4.78, 5) is 25.3. The molecule has 0 heterocycles. The molecule has 0 saturated heterocycles. The summed E-state index contributed by atoms with van der Waals surface area (Å²) in [7, 11) is 0. The first-order valence-corrected chi connectivity index (χ1v) is 16.2. The molecule has 0 unspecified atom stereocenters. The van der Waals surface area contributed by atoms with Crippen molar-refractivity contribution in [3.8, 4) is 18.2 Å². The number of hydrogen-bond acceptors (Lipinski definition) is 5. The quantitative estimate of drug-likeness (QED) is 0.129. The number of allylic oxidation sites excluding steroid dienone is 5. The molecule has 1 aliphatic carbocycles. The minimum absolute atomic E-state index is 0.0564. The van der Waals surface area contributed by atoms with Crippen molar-refractivity contribution in [3.05, 3.63) is 58.7 Å². The molecule has 0 spiro atoms. The molecule has 0 aliphatic heterocycles. The number of nitrogens with zero attached hydrogens (tertiary/aromatic N) is 3. The van der Waals surface area contributed by atoms with Gasteiger partial charge in [-0.3, -0.25) is 9.59 Å². The highest BCUT2D eigenvalue weighted by molar-refractivity contribution is 5.97. The van der Waals surface area contributed by atoms with Gasteiger partial charge in [-0.05, 0) is 53.5 Å². The van der Waals surface area contributed by atoms with Gasteiger partial charge in [-0.1, -0.05) is 115 Å². The van der Waals surface area contributed by atoms with Crippen LogP contribution in [0.2, 0.25) is 0 Å². The first-order chi connectivity index (χ1) is 21.2. The van der Waals surface area contributed by atoms with E-state index in [-0.39, 0.29) is 23.3 Å². The Hall–Kier alpha value is -4.15. The molecule has 1 aromatic carbocycles. The van der Waals surface area contributed by atoms with Gasteiger partial charge in [-0.25, -0.2) is 0 Å². The largest absolute Gasteiger partial charge is 0.343 e. The molecule has 1 atom stereocenters. The van der Waals surface area contributed by atoms with E-state index in [1.54, 1.807) is 12.1 Å². The zero-order valence-electron chi connectivity index (χ0n) is 26.9. The molecule has 0 radical (unpaired) electrons. The Morgan fingerprint density at radius 1 is 0.864 bits per heavy atom. The summed E-state index contributed by atoms with van der Waals surface area (Å²) in [5, 5.41) is 33.3. The second kappa shape index (κ2) is 19.9. The molecule has 2 N–H and O–H groups in total. The molecule has 0 bridgehead atoms. The van der Waals surface area contributed by atoms with Crippen LogP contribution in [-0.4, -0.2) is 17.9 Å². The van der Waals surface area contributed by atoms with Crippen molar-refractivity contribution in [2.75, 3.05) is 5.32 Å². The first kappa shape index (κ1) is 36.0. The molecule has 0 saturated carbocycles. The van der Waals surface area contributed by atoms with Crippen molar-refractivity contribution in [1.82, 2.24) is 5.32 Å². The normalized spacial score (nSPS) is 14.5. The van der Waals surface area contributed by atoms with Crippen LogP contribution in [0.1, 0.15) is 123 Å². The van der Waals surface area contributed by atoms with Gasteiger partial charge in [0.1, 0.15) is 23.8 Å². The molecule has 44 heavy (non-hydrogen) atoms. The highest BCUT2D eigenvalue weighted by atomic mass is 16.2. The number of carbonyl (C=O) groups is 2. The third-order valence-electron chi connectivity index (χ3n) is 7.88. The van der Waals surface area contributed by atoms with Gasteiger partial charge >= 0.3 is 0 Å². The van der Waals surface area contributed by atoms with Crippen LogP contribution in [0.5, 0.6) is 0 Å². The molecule has 1 aromatic rings. The van der Waals surface area contributed by atoms with E-state index < -0.39 is 11.9 Å². The number of nitrogens with one attached hydrogen (secondary N) is 2.